The Bertz CT molecular complexity index is 620. The summed E-state index contributed by atoms with van der Waals surface area (Å²) in [5.74, 6) is 0. The number of rotatable bonds is 52. The average molecular weight is 822 g/mol. The number of hydrogen-bond acceptors (Lipinski definition) is 0. The van der Waals surface area contributed by atoms with E-state index >= 15 is 0 Å². The molecule has 0 aromatic rings. The predicted molar refractivity (Wildman–Crippen MR) is 272 cm³/mol. The van der Waals surface area contributed by atoms with Gasteiger partial charge in [-0.15, -0.1) is 0 Å². The molecule has 0 unspecified atom stereocenters. The van der Waals surface area contributed by atoms with Gasteiger partial charge in [0, 0.05) is 0 Å². The zero-order chi connectivity index (χ0) is 41.3. The molecule has 0 aliphatic heterocycles. The van der Waals surface area contributed by atoms with Gasteiger partial charge in [0.25, 0.3) is 0 Å². The van der Waals surface area contributed by atoms with E-state index in [1.54, 1.807) is 76.0 Å². The molecule has 0 amide bonds. The first-order valence-corrected chi connectivity index (χ1v) is 31.1. The Kier molecular flexibility index (Phi) is 51.2. The second-order valence-corrected chi connectivity index (χ2v) is 25.1. The van der Waals surface area contributed by atoms with Crippen molar-refractivity contribution in [2.24, 2.45) is 0 Å². The summed E-state index contributed by atoms with van der Waals surface area (Å²) < 4.78 is 0. The van der Waals surface area contributed by atoms with Crippen LogP contribution >= 0.6 is 7.26 Å². The fraction of sp³-hybridized carbons (Fsp3) is 1.00. The van der Waals surface area contributed by atoms with E-state index in [0.29, 0.717) is 0 Å². The zero-order valence-electron chi connectivity index (χ0n) is 41.3. The van der Waals surface area contributed by atoms with E-state index in [9.17, 15) is 0 Å². The van der Waals surface area contributed by atoms with E-state index in [2.05, 4.69) is 27.7 Å². The van der Waals surface area contributed by atoms with Crippen LogP contribution in [0.15, 0.2) is 0 Å². The standard InChI is InChI=1S/C56H117P/c1-5-9-13-17-21-25-29-30-31-32-36-40-44-48-52-56-57(53-49-45-41-37-33-26-22-18-14-10-6-2,54-50-46-42-38-34-27-23-19-15-11-7-3)55-51-47-43-39-35-28-24-20-16-12-8-4/h57H,5-56H2,1-4H3. The van der Waals surface area contributed by atoms with Crippen molar-refractivity contribution < 1.29 is 0 Å². The minimum atomic E-state index is -1.18. The van der Waals surface area contributed by atoms with Gasteiger partial charge in [0.2, 0.25) is 0 Å². The van der Waals surface area contributed by atoms with Gasteiger partial charge in [0.1, 0.15) is 0 Å². The fourth-order valence-corrected chi connectivity index (χ4v) is 15.6. The van der Waals surface area contributed by atoms with Crippen molar-refractivity contribution >= 4 is 7.26 Å². The summed E-state index contributed by atoms with van der Waals surface area (Å²) in [6.07, 6.45) is 78.5. The number of hydrogen-bond donors (Lipinski definition) is 0. The third-order valence-corrected chi connectivity index (χ3v) is 19.9. The average Bonchev–Trinajstić information content (AvgIpc) is 3.22. The Hall–Kier alpha value is 0.430. The Morgan fingerprint density at radius 2 is 0.246 bits per heavy atom. The van der Waals surface area contributed by atoms with Crippen molar-refractivity contribution in [1.82, 2.24) is 0 Å². The van der Waals surface area contributed by atoms with Crippen LogP contribution in [0.25, 0.3) is 0 Å². The molecule has 0 heterocycles. The summed E-state index contributed by atoms with van der Waals surface area (Å²) in [5.41, 5.74) is 0. The molecule has 0 N–H and O–H groups in total. The van der Waals surface area contributed by atoms with Gasteiger partial charge in [0.15, 0.2) is 0 Å². The third kappa shape index (κ3) is 45.8. The van der Waals surface area contributed by atoms with E-state index in [1.807, 2.05) is 0 Å². The van der Waals surface area contributed by atoms with Crippen LogP contribution in [-0.2, 0) is 0 Å². The van der Waals surface area contributed by atoms with Gasteiger partial charge in [0.05, 0.1) is 0 Å². The Labute approximate surface area is 366 Å². The Morgan fingerprint density at radius 3 is 0.368 bits per heavy atom. The van der Waals surface area contributed by atoms with E-state index in [1.165, 1.54) is 257 Å². The molecule has 1 heteroatoms. The molecule has 0 spiro atoms. The molecule has 0 radical (unpaired) electrons. The van der Waals surface area contributed by atoms with Crippen molar-refractivity contribution in [3.8, 4) is 0 Å². The second-order valence-electron chi connectivity index (χ2n) is 20.1. The van der Waals surface area contributed by atoms with Crippen molar-refractivity contribution in [2.75, 3.05) is 24.6 Å². The van der Waals surface area contributed by atoms with Crippen LogP contribution < -0.4 is 0 Å². The second kappa shape index (κ2) is 50.8. The molecule has 346 valence electrons. The molecule has 0 aliphatic rings. The quantitative estimate of drug-likeness (QED) is 0.0424. The molecular formula is C56H117P. The van der Waals surface area contributed by atoms with Crippen LogP contribution in [0.5, 0.6) is 0 Å². The summed E-state index contributed by atoms with van der Waals surface area (Å²) in [6.45, 7) is 9.35. The Balaban J connectivity index is 4.86. The van der Waals surface area contributed by atoms with Crippen molar-refractivity contribution in [1.29, 1.82) is 0 Å². The summed E-state index contributed by atoms with van der Waals surface area (Å²) in [5, 5.41) is 0. The molecule has 0 saturated heterocycles. The van der Waals surface area contributed by atoms with Gasteiger partial charge < -0.3 is 0 Å². The molecule has 57 heavy (non-hydrogen) atoms. The molecular weight excluding hydrogens is 704 g/mol. The molecule has 0 bridgehead atoms. The monoisotopic (exact) mass is 821 g/mol. The first-order chi connectivity index (χ1) is 28.2. The van der Waals surface area contributed by atoms with Gasteiger partial charge in [-0.05, 0) is 0 Å². The molecule has 0 saturated carbocycles. The van der Waals surface area contributed by atoms with Gasteiger partial charge in [-0.1, -0.05) is 53.4 Å². The molecule has 0 atom stereocenters. The summed E-state index contributed by atoms with van der Waals surface area (Å²) in [4.78, 5) is 0. The van der Waals surface area contributed by atoms with E-state index < -0.39 is 7.26 Å². The van der Waals surface area contributed by atoms with Crippen LogP contribution in [0.2, 0.25) is 0 Å². The maximum absolute atomic E-state index is 2.34. The van der Waals surface area contributed by atoms with Crippen LogP contribution in [0.1, 0.15) is 336 Å². The zero-order valence-corrected chi connectivity index (χ0v) is 42.3. The molecule has 0 aliphatic carbocycles. The first-order valence-electron chi connectivity index (χ1n) is 28.2. The summed E-state index contributed by atoms with van der Waals surface area (Å²) >= 11 is 0. The van der Waals surface area contributed by atoms with Gasteiger partial charge in [-0.25, -0.2) is 0 Å². The predicted octanol–water partition coefficient (Wildman–Crippen LogP) is 21.5. The SMILES string of the molecule is CCCCCCCCCCCCCCCCC[PH](CCCCCCCCCCCCC)(CCCCCCCCCCCCC)CCCCCCCCCCCCC. The Morgan fingerprint density at radius 1 is 0.140 bits per heavy atom. The van der Waals surface area contributed by atoms with Crippen molar-refractivity contribution in [3.05, 3.63) is 0 Å². The summed E-state index contributed by atoms with van der Waals surface area (Å²) in [7, 11) is -1.18. The minimum Gasteiger partial charge on any atom is -0.0654 e. The van der Waals surface area contributed by atoms with Gasteiger partial charge >= 0.3 is 314 Å². The fourth-order valence-electron chi connectivity index (χ4n) is 10.1. The number of unbranched alkanes of at least 4 members (excludes halogenated alkanes) is 44. The van der Waals surface area contributed by atoms with E-state index in [0.717, 1.165) is 0 Å². The van der Waals surface area contributed by atoms with Crippen LogP contribution in [-0.4, -0.2) is 24.6 Å². The summed E-state index contributed by atoms with van der Waals surface area (Å²) in [6, 6.07) is 0. The van der Waals surface area contributed by atoms with Crippen LogP contribution in [0.4, 0.5) is 0 Å². The van der Waals surface area contributed by atoms with Gasteiger partial charge in [-0.2, -0.15) is 0 Å². The molecule has 0 aromatic carbocycles. The molecule has 0 rings (SSSR count). The first kappa shape index (κ1) is 57.4. The normalized spacial score (nSPS) is 12.3. The van der Waals surface area contributed by atoms with Crippen LogP contribution in [0.3, 0.4) is 0 Å². The van der Waals surface area contributed by atoms with Crippen LogP contribution in [0, 0.1) is 0 Å². The van der Waals surface area contributed by atoms with Crippen molar-refractivity contribution in [2.45, 2.75) is 336 Å². The van der Waals surface area contributed by atoms with Gasteiger partial charge in [-0.3, -0.25) is 0 Å². The molecule has 0 fully saturated rings. The maximum atomic E-state index is 2.34. The van der Waals surface area contributed by atoms with E-state index in [-0.39, 0.29) is 0 Å². The molecule has 0 nitrogen and oxygen atoms in total. The van der Waals surface area contributed by atoms with E-state index in [4.69, 9.17) is 0 Å². The topological polar surface area (TPSA) is 0 Å². The molecule has 0 aromatic heterocycles. The minimum absolute atomic E-state index is 1.18. The van der Waals surface area contributed by atoms with Crippen molar-refractivity contribution in [3.63, 3.8) is 0 Å². The third-order valence-electron chi connectivity index (χ3n) is 14.2. The smallest absolute Gasteiger partial charge is 0.0654 e.